The lowest BCUT2D eigenvalue weighted by Crippen LogP contribution is -2.22. The Bertz CT molecular complexity index is 362. The highest BCUT2D eigenvalue weighted by atomic mass is 16.1. The highest BCUT2D eigenvalue weighted by Gasteiger charge is 2.37. The fourth-order valence-corrected chi connectivity index (χ4v) is 3.52. The Morgan fingerprint density at radius 3 is 2.24 bits per heavy atom. The maximum atomic E-state index is 10.8. The van der Waals surface area contributed by atoms with Crippen LogP contribution < -0.4 is 0 Å². The number of rotatable bonds is 0. The Hall–Kier alpha value is -0.920. The summed E-state index contributed by atoms with van der Waals surface area (Å²) in [6.07, 6.45) is 2.39. The number of Topliss-reactive ketones (excluding diaryl/α,β-unsaturated/α-hetero) is 1. The fraction of sp³-hybridized carbons (Fsp3) is 0.846. The molecule has 0 N–H and O–H groups in total. The highest BCUT2D eigenvalue weighted by molar-refractivity contribution is 5.86. The van der Waals surface area contributed by atoms with E-state index in [-0.39, 0.29) is 0 Å². The van der Waals surface area contributed by atoms with Crippen LogP contribution in [0.1, 0.15) is 12.8 Å². The molecular formula is C13H19N3O. The van der Waals surface area contributed by atoms with Gasteiger partial charge in [0.25, 0.3) is 0 Å². The molecule has 0 aromatic carbocycles. The van der Waals surface area contributed by atoms with Gasteiger partial charge in [0.2, 0.25) is 0 Å². The molecule has 4 nitrogen and oxygen atoms in total. The molecule has 5 unspecified atom stereocenters. The van der Waals surface area contributed by atoms with Gasteiger partial charge in [-0.1, -0.05) is 0 Å². The lowest BCUT2D eigenvalue weighted by molar-refractivity contribution is -0.120. The average Bonchev–Trinajstić information content (AvgIpc) is 3.09. The quantitative estimate of drug-likeness (QED) is 0.606. The smallest absolute Gasteiger partial charge is 0.151 e. The first-order chi connectivity index (χ1) is 8.26. The van der Waals surface area contributed by atoms with Gasteiger partial charge in [-0.2, -0.15) is 5.26 Å². The van der Waals surface area contributed by atoms with Crippen LogP contribution in [0.3, 0.4) is 0 Å². The highest BCUT2D eigenvalue weighted by Crippen LogP contribution is 2.31. The number of ketones is 1. The van der Waals surface area contributed by atoms with Crippen molar-refractivity contribution in [1.29, 1.82) is 5.26 Å². The second-order valence-corrected chi connectivity index (χ2v) is 5.73. The number of carbonyl (C=O) groups is 1. The zero-order valence-electron chi connectivity index (χ0n) is 10.1. The van der Waals surface area contributed by atoms with Crippen molar-refractivity contribution < 1.29 is 4.79 Å². The molecule has 92 valence electrons. The summed E-state index contributed by atoms with van der Waals surface area (Å²) in [6, 6.07) is 2.35. The van der Waals surface area contributed by atoms with Crippen LogP contribution in [0.2, 0.25) is 0 Å². The largest absolute Gasteiger partial charge is 0.302 e. The molecule has 17 heavy (non-hydrogen) atoms. The van der Waals surface area contributed by atoms with Crippen molar-refractivity contribution in [3.05, 3.63) is 0 Å². The van der Waals surface area contributed by atoms with Gasteiger partial charge in [0.15, 0.2) is 5.78 Å². The van der Waals surface area contributed by atoms with E-state index in [1.54, 1.807) is 0 Å². The van der Waals surface area contributed by atoms with Gasteiger partial charge in [-0.3, -0.25) is 9.69 Å². The van der Waals surface area contributed by atoms with Crippen molar-refractivity contribution in [3.8, 4) is 6.07 Å². The predicted molar refractivity (Wildman–Crippen MR) is 63.2 cm³/mol. The third kappa shape index (κ3) is 2.10. The molecule has 4 heterocycles. The Labute approximate surface area is 102 Å². The first-order valence-corrected chi connectivity index (χ1v) is 6.63. The summed E-state index contributed by atoms with van der Waals surface area (Å²) in [4.78, 5) is 15.4. The van der Waals surface area contributed by atoms with Crippen LogP contribution in [-0.2, 0) is 4.79 Å². The molecule has 4 fully saturated rings. The maximum Gasteiger partial charge on any atom is 0.151 e. The van der Waals surface area contributed by atoms with Gasteiger partial charge in [-0.15, -0.1) is 0 Å². The van der Waals surface area contributed by atoms with Crippen molar-refractivity contribution in [1.82, 2.24) is 9.80 Å². The number of nitrogens with zero attached hydrogens (tertiary/aromatic N) is 3. The molecule has 0 saturated carbocycles. The molecule has 0 spiro atoms. The van der Waals surface area contributed by atoms with Crippen molar-refractivity contribution in [2.24, 2.45) is 17.8 Å². The number of fused-ring (bicyclic) bond motifs is 4. The van der Waals surface area contributed by atoms with Crippen molar-refractivity contribution >= 4 is 5.78 Å². The van der Waals surface area contributed by atoms with Crippen molar-refractivity contribution in [2.75, 3.05) is 39.3 Å². The lowest BCUT2D eigenvalue weighted by atomic mass is 9.94. The van der Waals surface area contributed by atoms with Gasteiger partial charge in [0.1, 0.15) is 0 Å². The van der Waals surface area contributed by atoms with Gasteiger partial charge in [0.05, 0.1) is 18.5 Å². The minimum atomic E-state index is 0.360. The normalized spacial score (nSPS) is 45.6. The van der Waals surface area contributed by atoms with E-state index in [0.717, 1.165) is 38.5 Å². The van der Waals surface area contributed by atoms with Gasteiger partial charge in [-0.25, -0.2) is 0 Å². The van der Waals surface area contributed by atoms with Gasteiger partial charge in [0, 0.05) is 25.6 Å². The van der Waals surface area contributed by atoms with E-state index in [0.29, 0.717) is 17.6 Å². The zero-order valence-corrected chi connectivity index (χ0v) is 10.1. The number of carbonyl (C=O) groups excluding carboxylic acids is 1. The molecule has 4 aliphatic rings. The Balaban J connectivity index is 0.000000107. The summed E-state index contributed by atoms with van der Waals surface area (Å²) < 4.78 is 0. The molecule has 0 radical (unpaired) electrons. The molecule has 4 bridgehead atoms. The SMILES string of the molecule is N#CC1CN2CCC1C2.O=C1CN2CCC1C2. The second kappa shape index (κ2) is 4.40. The van der Waals surface area contributed by atoms with Crippen molar-refractivity contribution in [3.63, 3.8) is 0 Å². The van der Waals surface area contributed by atoms with E-state index in [2.05, 4.69) is 15.9 Å². The predicted octanol–water partition coefficient (Wildman–Crippen LogP) is 0.353. The van der Waals surface area contributed by atoms with Crippen molar-refractivity contribution in [2.45, 2.75) is 12.8 Å². The van der Waals surface area contributed by atoms with Crippen LogP contribution in [0.5, 0.6) is 0 Å². The van der Waals surface area contributed by atoms with E-state index in [4.69, 9.17) is 5.26 Å². The van der Waals surface area contributed by atoms with Crippen LogP contribution in [0.15, 0.2) is 0 Å². The summed E-state index contributed by atoms with van der Waals surface area (Å²) >= 11 is 0. The fourth-order valence-electron chi connectivity index (χ4n) is 3.52. The minimum Gasteiger partial charge on any atom is -0.302 e. The summed E-state index contributed by atoms with van der Waals surface area (Å²) in [7, 11) is 0. The molecule has 0 aliphatic carbocycles. The number of hydrogen-bond donors (Lipinski definition) is 0. The zero-order chi connectivity index (χ0) is 11.8. The molecule has 0 aromatic heterocycles. The summed E-state index contributed by atoms with van der Waals surface area (Å²) in [5.41, 5.74) is 0. The number of nitriles is 1. The van der Waals surface area contributed by atoms with Gasteiger partial charge in [-0.05, 0) is 31.8 Å². The molecule has 5 atom stereocenters. The molecule has 4 aliphatic heterocycles. The Kier molecular flexibility index (Phi) is 2.89. The second-order valence-electron chi connectivity index (χ2n) is 5.73. The topological polar surface area (TPSA) is 47.3 Å². The molecule has 0 amide bonds. The van der Waals surface area contributed by atoms with E-state index in [9.17, 15) is 4.79 Å². The van der Waals surface area contributed by atoms with Crippen LogP contribution in [0.4, 0.5) is 0 Å². The van der Waals surface area contributed by atoms with E-state index in [1.807, 2.05) is 0 Å². The minimum absolute atomic E-state index is 0.360. The van der Waals surface area contributed by atoms with Gasteiger partial charge < -0.3 is 4.90 Å². The third-order valence-corrected chi connectivity index (χ3v) is 4.61. The van der Waals surface area contributed by atoms with E-state index in [1.165, 1.54) is 19.5 Å². The summed E-state index contributed by atoms with van der Waals surface area (Å²) in [6.45, 7) is 6.43. The summed E-state index contributed by atoms with van der Waals surface area (Å²) in [5.74, 6) is 1.97. The average molecular weight is 233 g/mol. The Morgan fingerprint density at radius 1 is 1.12 bits per heavy atom. The monoisotopic (exact) mass is 233 g/mol. The van der Waals surface area contributed by atoms with E-state index >= 15 is 0 Å². The molecule has 4 rings (SSSR count). The summed E-state index contributed by atoms with van der Waals surface area (Å²) in [5, 5.41) is 8.61. The number of piperidine rings is 2. The molecular weight excluding hydrogens is 214 g/mol. The van der Waals surface area contributed by atoms with Crippen LogP contribution in [0.25, 0.3) is 0 Å². The van der Waals surface area contributed by atoms with Crippen LogP contribution in [0, 0.1) is 29.1 Å². The first kappa shape index (κ1) is 11.2. The molecule has 0 aromatic rings. The lowest BCUT2D eigenvalue weighted by Gasteiger charge is -2.14. The van der Waals surface area contributed by atoms with E-state index < -0.39 is 0 Å². The van der Waals surface area contributed by atoms with Crippen LogP contribution in [-0.4, -0.2) is 54.9 Å². The first-order valence-electron chi connectivity index (χ1n) is 6.63. The molecule has 4 saturated heterocycles. The van der Waals surface area contributed by atoms with Crippen LogP contribution >= 0.6 is 0 Å². The molecule has 4 heteroatoms. The Morgan fingerprint density at radius 2 is 1.94 bits per heavy atom. The third-order valence-electron chi connectivity index (χ3n) is 4.61. The standard InChI is InChI=1S/C7H10N2.C6H9NO/c8-3-7-5-9-2-1-6(7)4-9;8-6-4-7-2-1-5(6)3-7/h6-7H,1-2,4-5H2;5H,1-4H2. The maximum absolute atomic E-state index is 10.8. The number of hydrogen-bond acceptors (Lipinski definition) is 4. The van der Waals surface area contributed by atoms with Gasteiger partial charge >= 0.3 is 0 Å².